The van der Waals surface area contributed by atoms with Crippen LogP contribution in [0, 0.1) is 0 Å². The van der Waals surface area contributed by atoms with E-state index in [0.29, 0.717) is 11.3 Å². The van der Waals surface area contributed by atoms with Gasteiger partial charge in [-0.25, -0.2) is 0 Å². The molecular formula is C13H15N3O2. The van der Waals surface area contributed by atoms with Crippen molar-refractivity contribution in [3.8, 4) is 0 Å². The molecule has 94 valence electrons. The number of aromatic nitrogens is 3. The third-order valence-corrected chi connectivity index (χ3v) is 2.47. The fourth-order valence-corrected chi connectivity index (χ4v) is 1.69. The van der Waals surface area contributed by atoms with Crippen LogP contribution in [0.15, 0.2) is 30.3 Å². The second-order valence-electron chi connectivity index (χ2n) is 4.80. The van der Waals surface area contributed by atoms with Crippen molar-refractivity contribution in [3.63, 3.8) is 0 Å². The molecule has 0 fully saturated rings. The Kier molecular flexibility index (Phi) is 3.25. The molecule has 0 spiro atoms. The van der Waals surface area contributed by atoms with Crippen LogP contribution in [0.4, 0.5) is 0 Å². The van der Waals surface area contributed by atoms with Crippen LogP contribution in [0.5, 0.6) is 0 Å². The molecule has 1 aromatic heterocycles. The Bertz CT molecular complexity index is 541. The predicted molar refractivity (Wildman–Crippen MR) is 66.3 cm³/mol. The normalized spacial score (nSPS) is 11.5. The van der Waals surface area contributed by atoms with Gasteiger partial charge in [0.25, 0.3) is 0 Å². The molecule has 1 aromatic carbocycles. The molecule has 0 aliphatic heterocycles. The molecule has 2 rings (SSSR count). The Morgan fingerprint density at radius 2 is 1.94 bits per heavy atom. The number of benzene rings is 1. The Morgan fingerprint density at radius 1 is 1.28 bits per heavy atom. The number of carbonyl (C=O) groups is 1. The van der Waals surface area contributed by atoms with Crippen LogP contribution < -0.4 is 0 Å². The molecule has 0 aliphatic carbocycles. The van der Waals surface area contributed by atoms with E-state index in [1.165, 1.54) is 0 Å². The number of ketones is 1. The first-order valence-corrected chi connectivity index (χ1v) is 5.69. The Balaban J connectivity index is 2.30. The molecule has 0 saturated heterocycles. The molecule has 18 heavy (non-hydrogen) atoms. The van der Waals surface area contributed by atoms with Crippen molar-refractivity contribution in [3.05, 3.63) is 47.3 Å². The van der Waals surface area contributed by atoms with E-state index in [1.54, 1.807) is 38.1 Å². The molecule has 1 heterocycles. The van der Waals surface area contributed by atoms with Gasteiger partial charge in [-0.15, -0.1) is 0 Å². The molecule has 0 unspecified atom stereocenters. The third kappa shape index (κ3) is 2.81. The fourth-order valence-electron chi connectivity index (χ4n) is 1.69. The Labute approximate surface area is 105 Å². The second-order valence-corrected chi connectivity index (χ2v) is 4.80. The summed E-state index contributed by atoms with van der Waals surface area (Å²) in [5.74, 6) is -0.191. The van der Waals surface area contributed by atoms with Crippen molar-refractivity contribution in [1.82, 2.24) is 15.4 Å². The molecule has 0 aliphatic rings. The summed E-state index contributed by atoms with van der Waals surface area (Å²) in [5, 5.41) is 20.0. The third-order valence-electron chi connectivity index (χ3n) is 2.47. The molecule has 5 heteroatoms. The highest BCUT2D eigenvalue weighted by Gasteiger charge is 2.23. The summed E-state index contributed by atoms with van der Waals surface area (Å²) in [4.78, 5) is 12.2. The van der Waals surface area contributed by atoms with Crippen LogP contribution in [0.3, 0.4) is 0 Å². The van der Waals surface area contributed by atoms with E-state index in [9.17, 15) is 9.90 Å². The van der Waals surface area contributed by atoms with Crippen molar-refractivity contribution >= 4 is 5.78 Å². The van der Waals surface area contributed by atoms with Gasteiger partial charge in [-0.1, -0.05) is 30.3 Å². The average Bonchev–Trinajstić information content (AvgIpc) is 2.75. The van der Waals surface area contributed by atoms with E-state index in [2.05, 4.69) is 15.4 Å². The standard InChI is InChI=1S/C13H15N3O2/c1-13(2,18)8-10-11(15-16-14-10)12(17)9-6-4-3-5-7-9/h3-7,18H,8H2,1-2H3,(H,14,15,16). The zero-order chi connectivity index (χ0) is 13.2. The fraction of sp³-hybridized carbons (Fsp3) is 0.308. The van der Waals surface area contributed by atoms with Crippen molar-refractivity contribution in [2.75, 3.05) is 0 Å². The highest BCUT2D eigenvalue weighted by molar-refractivity contribution is 6.08. The van der Waals surface area contributed by atoms with Crippen LogP contribution in [0.2, 0.25) is 0 Å². The van der Waals surface area contributed by atoms with Crippen LogP contribution in [-0.4, -0.2) is 31.9 Å². The first-order chi connectivity index (χ1) is 8.47. The molecule has 0 saturated carbocycles. The maximum Gasteiger partial charge on any atom is 0.215 e. The van der Waals surface area contributed by atoms with Gasteiger partial charge in [0, 0.05) is 12.0 Å². The van der Waals surface area contributed by atoms with Crippen molar-refractivity contribution in [2.45, 2.75) is 25.9 Å². The Hall–Kier alpha value is -2.01. The van der Waals surface area contributed by atoms with Crippen molar-refractivity contribution in [2.24, 2.45) is 0 Å². The number of nitrogens with zero attached hydrogens (tertiary/aromatic N) is 2. The lowest BCUT2D eigenvalue weighted by Crippen LogP contribution is -2.23. The topological polar surface area (TPSA) is 78.9 Å². The van der Waals surface area contributed by atoms with E-state index >= 15 is 0 Å². The molecule has 5 nitrogen and oxygen atoms in total. The maximum absolute atomic E-state index is 12.2. The lowest BCUT2D eigenvalue weighted by atomic mass is 9.99. The summed E-state index contributed by atoms with van der Waals surface area (Å²) >= 11 is 0. The smallest absolute Gasteiger partial charge is 0.215 e. The quantitative estimate of drug-likeness (QED) is 0.797. The Morgan fingerprint density at radius 3 is 2.56 bits per heavy atom. The highest BCUT2D eigenvalue weighted by atomic mass is 16.3. The summed E-state index contributed by atoms with van der Waals surface area (Å²) in [6.07, 6.45) is 0.275. The summed E-state index contributed by atoms with van der Waals surface area (Å²) in [6, 6.07) is 8.89. The monoisotopic (exact) mass is 245 g/mol. The van der Waals surface area contributed by atoms with Crippen LogP contribution in [-0.2, 0) is 6.42 Å². The van der Waals surface area contributed by atoms with E-state index < -0.39 is 5.60 Å². The summed E-state index contributed by atoms with van der Waals surface area (Å²) in [5.41, 5.74) is 0.380. The maximum atomic E-state index is 12.2. The van der Waals surface area contributed by atoms with E-state index in [4.69, 9.17) is 0 Å². The van der Waals surface area contributed by atoms with Gasteiger partial charge in [0.1, 0.15) is 0 Å². The number of rotatable bonds is 4. The van der Waals surface area contributed by atoms with Gasteiger partial charge in [-0.3, -0.25) is 4.79 Å². The van der Waals surface area contributed by atoms with Gasteiger partial charge in [0.05, 0.1) is 11.3 Å². The molecule has 0 atom stereocenters. The molecule has 0 radical (unpaired) electrons. The number of carbonyl (C=O) groups excluding carboxylic acids is 1. The van der Waals surface area contributed by atoms with Crippen LogP contribution in [0.25, 0.3) is 0 Å². The van der Waals surface area contributed by atoms with E-state index in [0.717, 1.165) is 0 Å². The first-order valence-electron chi connectivity index (χ1n) is 5.69. The van der Waals surface area contributed by atoms with E-state index in [-0.39, 0.29) is 17.9 Å². The largest absolute Gasteiger partial charge is 0.390 e. The lowest BCUT2D eigenvalue weighted by Gasteiger charge is -2.15. The average molecular weight is 245 g/mol. The van der Waals surface area contributed by atoms with Gasteiger partial charge < -0.3 is 5.11 Å². The highest BCUT2D eigenvalue weighted by Crippen LogP contribution is 2.15. The zero-order valence-electron chi connectivity index (χ0n) is 10.3. The van der Waals surface area contributed by atoms with Crippen LogP contribution >= 0.6 is 0 Å². The minimum Gasteiger partial charge on any atom is -0.390 e. The first kappa shape index (κ1) is 12.4. The summed E-state index contributed by atoms with van der Waals surface area (Å²) in [6.45, 7) is 3.33. The summed E-state index contributed by atoms with van der Waals surface area (Å²) < 4.78 is 0. The van der Waals surface area contributed by atoms with Gasteiger partial charge in [0.15, 0.2) is 5.69 Å². The van der Waals surface area contributed by atoms with Gasteiger partial charge in [-0.2, -0.15) is 15.4 Å². The zero-order valence-corrected chi connectivity index (χ0v) is 10.3. The second kappa shape index (κ2) is 4.70. The number of H-pyrrole nitrogens is 1. The molecule has 0 bridgehead atoms. The van der Waals surface area contributed by atoms with Gasteiger partial charge in [-0.05, 0) is 13.8 Å². The number of nitrogens with one attached hydrogen (secondary N) is 1. The van der Waals surface area contributed by atoms with E-state index in [1.807, 2.05) is 6.07 Å². The molecular weight excluding hydrogens is 230 g/mol. The number of hydrogen-bond acceptors (Lipinski definition) is 4. The van der Waals surface area contributed by atoms with Crippen molar-refractivity contribution in [1.29, 1.82) is 0 Å². The minimum absolute atomic E-state index is 0.191. The van der Waals surface area contributed by atoms with Gasteiger partial charge in [0.2, 0.25) is 5.78 Å². The SMILES string of the molecule is CC(C)(O)Cc1n[nH]nc1C(=O)c1ccccc1. The number of hydrogen-bond donors (Lipinski definition) is 2. The number of aliphatic hydroxyl groups is 1. The van der Waals surface area contributed by atoms with Crippen LogP contribution in [0.1, 0.15) is 35.6 Å². The summed E-state index contributed by atoms with van der Waals surface area (Å²) in [7, 11) is 0. The van der Waals surface area contributed by atoms with Gasteiger partial charge >= 0.3 is 0 Å². The lowest BCUT2D eigenvalue weighted by molar-refractivity contribution is 0.0795. The minimum atomic E-state index is -0.928. The predicted octanol–water partition coefficient (Wildman–Crippen LogP) is 1.35. The molecule has 2 N–H and O–H groups in total. The molecule has 2 aromatic rings. The number of aromatic amines is 1. The van der Waals surface area contributed by atoms with Crippen molar-refractivity contribution < 1.29 is 9.90 Å². The molecule has 0 amide bonds.